The number of hydrogen-bond donors (Lipinski definition) is 1. The number of rotatable bonds is 4. The van der Waals surface area contributed by atoms with E-state index in [9.17, 15) is 0 Å². The zero-order valence-corrected chi connectivity index (χ0v) is 12.9. The summed E-state index contributed by atoms with van der Waals surface area (Å²) in [6.07, 6.45) is 8.80. The highest BCUT2D eigenvalue weighted by molar-refractivity contribution is 5.55. The summed E-state index contributed by atoms with van der Waals surface area (Å²) in [6.45, 7) is 2.96. The summed E-state index contributed by atoms with van der Waals surface area (Å²) in [7, 11) is 1.89. The van der Waals surface area contributed by atoms with Crippen LogP contribution in [-0.2, 0) is 10.2 Å². The lowest BCUT2D eigenvalue weighted by atomic mass is 9.62. The number of fused-ring (bicyclic) bond motifs is 2. The lowest BCUT2D eigenvalue weighted by Gasteiger charge is -2.41. The first-order chi connectivity index (χ1) is 10.6. The summed E-state index contributed by atoms with van der Waals surface area (Å²) in [4.78, 5) is 9.37. The van der Waals surface area contributed by atoms with Gasteiger partial charge in [-0.15, -0.1) is 0 Å². The van der Waals surface area contributed by atoms with E-state index >= 15 is 0 Å². The molecule has 2 saturated heterocycles. The Morgan fingerprint density at radius 3 is 2.77 bits per heavy atom. The van der Waals surface area contributed by atoms with Gasteiger partial charge in [0.15, 0.2) is 0 Å². The molecule has 0 amide bonds. The number of nitrogens with zero attached hydrogens (tertiary/aromatic N) is 3. The number of ether oxygens (including phenoxy) is 2. The normalized spacial score (nSPS) is 33.0. The zero-order chi connectivity index (χ0) is 14.9. The van der Waals surface area contributed by atoms with Gasteiger partial charge in [-0.05, 0) is 32.6 Å². The lowest BCUT2D eigenvalue weighted by Crippen LogP contribution is -2.45. The predicted molar refractivity (Wildman–Crippen MR) is 81.5 cm³/mol. The fourth-order valence-electron chi connectivity index (χ4n) is 3.92. The number of aromatic nitrogens is 3. The molecule has 22 heavy (non-hydrogen) atoms. The van der Waals surface area contributed by atoms with Gasteiger partial charge in [0.25, 0.3) is 0 Å². The van der Waals surface area contributed by atoms with Crippen molar-refractivity contribution in [2.24, 2.45) is 0 Å². The Balaban J connectivity index is 1.55. The summed E-state index contributed by atoms with van der Waals surface area (Å²) in [5.74, 6) is 1.37. The monoisotopic (exact) mass is 300 g/mol. The molecule has 4 heterocycles. The maximum atomic E-state index is 5.89. The third-order valence-corrected chi connectivity index (χ3v) is 5.15. The van der Waals surface area contributed by atoms with Gasteiger partial charge in [-0.2, -0.15) is 4.98 Å². The minimum atomic E-state index is 0.0691. The second kappa shape index (κ2) is 3.93. The molecule has 2 aliphatic heterocycles. The average Bonchev–Trinajstić information content (AvgIpc) is 2.93. The molecule has 2 aromatic rings. The fourth-order valence-corrected chi connectivity index (χ4v) is 3.92. The highest BCUT2D eigenvalue weighted by Gasteiger charge is 2.61. The molecule has 6 heteroatoms. The van der Waals surface area contributed by atoms with Crippen molar-refractivity contribution in [3.05, 3.63) is 18.1 Å². The van der Waals surface area contributed by atoms with E-state index in [-0.39, 0.29) is 11.0 Å². The fraction of sp³-hybridized carbons (Fsp3) is 0.625. The summed E-state index contributed by atoms with van der Waals surface area (Å²) in [5, 5.41) is 3.16. The highest BCUT2D eigenvalue weighted by atomic mass is 16.5. The van der Waals surface area contributed by atoms with E-state index in [2.05, 4.69) is 23.4 Å². The van der Waals surface area contributed by atoms with Gasteiger partial charge in [-0.1, -0.05) is 0 Å². The molecule has 2 aliphatic carbocycles. The van der Waals surface area contributed by atoms with E-state index in [0.29, 0.717) is 17.8 Å². The van der Waals surface area contributed by atoms with Gasteiger partial charge < -0.3 is 14.8 Å². The minimum Gasteiger partial charge on any atom is -0.473 e. The maximum absolute atomic E-state index is 5.89. The molecule has 4 aliphatic rings. The third-order valence-electron chi connectivity index (χ3n) is 5.15. The highest BCUT2D eigenvalue weighted by Crippen LogP contribution is 2.58. The number of hydrogen-bond acceptors (Lipinski definition) is 5. The molecular formula is C16H20N4O2. The molecule has 6 nitrogen and oxygen atoms in total. The molecule has 0 radical (unpaired) electrons. The van der Waals surface area contributed by atoms with Gasteiger partial charge >= 0.3 is 0 Å². The number of nitrogens with one attached hydrogen (secondary N) is 1. The summed E-state index contributed by atoms with van der Waals surface area (Å²) >= 11 is 0. The van der Waals surface area contributed by atoms with Crippen LogP contribution in [0.3, 0.4) is 0 Å². The van der Waals surface area contributed by atoms with Crippen LogP contribution in [0.1, 0.15) is 38.3 Å². The Hall–Kier alpha value is -1.82. The topological polar surface area (TPSA) is 60.7 Å². The predicted octanol–water partition coefficient (Wildman–Crippen LogP) is 2.13. The van der Waals surface area contributed by atoms with Crippen molar-refractivity contribution < 1.29 is 9.47 Å². The van der Waals surface area contributed by atoms with E-state index in [4.69, 9.17) is 14.5 Å². The molecule has 0 unspecified atom stereocenters. The van der Waals surface area contributed by atoms with Crippen LogP contribution in [0.25, 0.3) is 5.78 Å². The molecule has 2 saturated carbocycles. The van der Waals surface area contributed by atoms with Gasteiger partial charge in [0.1, 0.15) is 11.8 Å². The lowest BCUT2D eigenvalue weighted by molar-refractivity contribution is 0.0154. The van der Waals surface area contributed by atoms with Crippen LogP contribution in [0.4, 0.5) is 5.69 Å². The summed E-state index contributed by atoms with van der Waals surface area (Å²) < 4.78 is 13.8. The molecule has 0 spiro atoms. The SMILES string of the molecule is CNc1cn2cc(C34COC(C)(C3)C4)nc2nc1OC1CC1. The van der Waals surface area contributed by atoms with Crippen LogP contribution >= 0.6 is 0 Å². The van der Waals surface area contributed by atoms with Gasteiger partial charge in [0.2, 0.25) is 11.7 Å². The molecular weight excluding hydrogens is 280 g/mol. The molecule has 2 bridgehead atoms. The van der Waals surface area contributed by atoms with Crippen molar-refractivity contribution in [1.29, 1.82) is 0 Å². The minimum absolute atomic E-state index is 0.0691. The van der Waals surface area contributed by atoms with E-state index in [1.54, 1.807) is 0 Å². The van der Waals surface area contributed by atoms with Gasteiger partial charge in [0, 0.05) is 24.9 Å². The first-order valence-corrected chi connectivity index (χ1v) is 7.98. The number of anilines is 1. The first-order valence-electron chi connectivity index (χ1n) is 7.98. The smallest absolute Gasteiger partial charge is 0.242 e. The van der Waals surface area contributed by atoms with Crippen molar-refractivity contribution >= 4 is 11.5 Å². The largest absolute Gasteiger partial charge is 0.473 e. The second-order valence-corrected chi connectivity index (χ2v) is 7.23. The van der Waals surface area contributed by atoms with Crippen molar-refractivity contribution in [3.63, 3.8) is 0 Å². The van der Waals surface area contributed by atoms with Crippen LogP contribution in [0.2, 0.25) is 0 Å². The van der Waals surface area contributed by atoms with Crippen molar-refractivity contribution in [1.82, 2.24) is 14.4 Å². The van der Waals surface area contributed by atoms with Crippen molar-refractivity contribution in [2.75, 3.05) is 19.0 Å². The van der Waals surface area contributed by atoms with E-state index in [1.165, 1.54) is 0 Å². The molecule has 0 atom stereocenters. The third kappa shape index (κ3) is 1.70. The summed E-state index contributed by atoms with van der Waals surface area (Å²) in [6, 6.07) is 0. The quantitative estimate of drug-likeness (QED) is 0.937. The molecule has 0 aromatic carbocycles. The van der Waals surface area contributed by atoms with Gasteiger partial charge in [-0.25, -0.2) is 4.98 Å². The molecule has 4 fully saturated rings. The average molecular weight is 300 g/mol. The van der Waals surface area contributed by atoms with Gasteiger partial charge in [-0.3, -0.25) is 4.40 Å². The zero-order valence-electron chi connectivity index (χ0n) is 12.9. The van der Waals surface area contributed by atoms with Crippen LogP contribution in [-0.4, -0.2) is 39.7 Å². The Labute approximate surface area is 128 Å². The molecule has 6 rings (SSSR count). The first kappa shape index (κ1) is 12.7. The van der Waals surface area contributed by atoms with Crippen molar-refractivity contribution in [3.8, 4) is 5.88 Å². The Bertz CT molecular complexity index is 759. The van der Waals surface area contributed by atoms with E-state index in [0.717, 1.165) is 43.7 Å². The Kier molecular flexibility index (Phi) is 2.27. The number of imidazole rings is 1. The van der Waals surface area contributed by atoms with Crippen LogP contribution in [0.15, 0.2) is 12.4 Å². The van der Waals surface area contributed by atoms with Crippen LogP contribution < -0.4 is 10.1 Å². The molecule has 116 valence electrons. The maximum Gasteiger partial charge on any atom is 0.242 e. The van der Waals surface area contributed by atoms with E-state index in [1.807, 2.05) is 17.6 Å². The standard InChI is InChI=1S/C16H20N4O2/c1-15-7-16(8-15,9-21-15)12-6-20-5-11(17-2)13(19-14(20)18-12)22-10-3-4-10/h5-6,10,17H,3-4,7-9H2,1-2H3. The van der Waals surface area contributed by atoms with E-state index < -0.39 is 0 Å². The van der Waals surface area contributed by atoms with Crippen LogP contribution in [0.5, 0.6) is 5.88 Å². The van der Waals surface area contributed by atoms with Crippen molar-refractivity contribution in [2.45, 2.75) is 49.7 Å². The Morgan fingerprint density at radius 1 is 1.32 bits per heavy atom. The summed E-state index contributed by atoms with van der Waals surface area (Å²) in [5.41, 5.74) is 2.17. The van der Waals surface area contributed by atoms with Crippen LogP contribution in [0, 0.1) is 0 Å². The second-order valence-electron chi connectivity index (χ2n) is 7.23. The molecule has 2 aromatic heterocycles. The Morgan fingerprint density at radius 2 is 2.14 bits per heavy atom. The van der Waals surface area contributed by atoms with Gasteiger partial charge in [0.05, 0.1) is 17.9 Å². The molecule has 1 N–H and O–H groups in total.